The van der Waals surface area contributed by atoms with E-state index in [-0.39, 0.29) is 0 Å². The quantitative estimate of drug-likeness (QED) is 0.885. The van der Waals surface area contributed by atoms with Crippen molar-refractivity contribution in [1.29, 1.82) is 0 Å². The smallest absolute Gasteiger partial charge is 0.0411 e. The molecule has 1 aromatic rings. The van der Waals surface area contributed by atoms with Gasteiger partial charge in [-0.2, -0.15) is 0 Å². The highest BCUT2D eigenvalue weighted by atomic mass is 15.1. The molecule has 2 N–H and O–H groups in total. The third kappa shape index (κ3) is 2.86. The number of hydrogen-bond donors (Lipinski definition) is 1. The number of hydrogen-bond acceptors (Lipinski definition) is 2. The van der Waals surface area contributed by atoms with Crippen LogP contribution in [-0.2, 0) is 6.54 Å². The summed E-state index contributed by atoms with van der Waals surface area (Å²) in [7, 11) is 2.23. The molecule has 0 radical (unpaired) electrons. The van der Waals surface area contributed by atoms with E-state index in [1.54, 1.807) is 0 Å². The Morgan fingerprint density at radius 1 is 1.11 bits per heavy atom. The molecule has 1 fully saturated rings. The van der Waals surface area contributed by atoms with Crippen molar-refractivity contribution < 1.29 is 0 Å². The molecule has 0 spiro atoms. The summed E-state index contributed by atoms with van der Waals surface area (Å²) in [5, 5.41) is 0. The zero-order valence-corrected chi connectivity index (χ0v) is 11.9. The van der Waals surface area contributed by atoms with Crippen LogP contribution in [0, 0.1) is 11.8 Å². The molecule has 2 heteroatoms. The Labute approximate surface area is 111 Å². The van der Waals surface area contributed by atoms with Crippen LogP contribution in [0.2, 0.25) is 0 Å². The number of nitrogens with two attached hydrogens (primary N) is 1. The Balaban J connectivity index is 2.17. The average Bonchev–Trinajstić information content (AvgIpc) is 2.36. The van der Waals surface area contributed by atoms with E-state index in [0.29, 0.717) is 12.6 Å². The van der Waals surface area contributed by atoms with E-state index in [2.05, 4.69) is 50.1 Å². The third-order valence-corrected chi connectivity index (χ3v) is 4.29. The van der Waals surface area contributed by atoms with Crippen LogP contribution in [0.4, 0.5) is 5.69 Å². The second kappa shape index (κ2) is 5.75. The van der Waals surface area contributed by atoms with Gasteiger partial charge in [0.25, 0.3) is 0 Å². The predicted octanol–water partition coefficient (Wildman–Crippen LogP) is 3.41. The van der Waals surface area contributed by atoms with Crippen LogP contribution in [0.3, 0.4) is 0 Å². The van der Waals surface area contributed by atoms with Crippen LogP contribution in [0.25, 0.3) is 0 Å². The van der Waals surface area contributed by atoms with Crippen molar-refractivity contribution in [1.82, 2.24) is 0 Å². The van der Waals surface area contributed by atoms with Gasteiger partial charge in [-0.15, -0.1) is 0 Å². The molecular formula is C16H26N2. The molecule has 1 aliphatic rings. The monoisotopic (exact) mass is 246 g/mol. The molecule has 0 aromatic heterocycles. The van der Waals surface area contributed by atoms with Gasteiger partial charge in [0.15, 0.2) is 0 Å². The van der Waals surface area contributed by atoms with Gasteiger partial charge in [0.1, 0.15) is 0 Å². The van der Waals surface area contributed by atoms with Crippen LogP contribution < -0.4 is 10.6 Å². The standard InChI is InChI=1S/C16H26N2/c1-12-8-13(2)10-15(9-12)18(3)16-7-5-4-6-14(16)11-17/h4-7,12-13,15H,8-11,17H2,1-3H3. The first kappa shape index (κ1) is 13.4. The highest BCUT2D eigenvalue weighted by Crippen LogP contribution is 2.33. The summed E-state index contributed by atoms with van der Waals surface area (Å²) in [6, 6.07) is 9.19. The van der Waals surface area contributed by atoms with Crippen molar-refractivity contribution in [3.63, 3.8) is 0 Å². The van der Waals surface area contributed by atoms with Crippen molar-refractivity contribution in [2.24, 2.45) is 17.6 Å². The fourth-order valence-electron chi connectivity index (χ4n) is 3.44. The Morgan fingerprint density at radius 2 is 1.72 bits per heavy atom. The van der Waals surface area contributed by atoms with Crippen molar-refractivity contribution in [2.75, 3.05) is 11.9 Å². The molecule has 1 aromatic carbocycles. The maximum absolute atomic E-state index is 5.85. The first-order valence-corrected chi connectivity index (χ1v) is 7.12. The summed E-state index contributed by atoms with van der Waals surface area (Å²) < 4.78 is 0. The van der Waals surface area contributed by atoms with Crippen molar-refractivity contribution >= 4 is 5.69 Å². The van der Waals surface area contributed by atoms with Crippen LogP contribution in [0.5, 0.6) is 0 Å². The maximum atomic E-state index is 5.85. The minimum atomic E-state index is 0.623. The Bertz CT molecular complexity index is 378. The number of rotatable bonds is 3. The highest BCUT2D eigenvalue weighted by Gasteiger charge is 2.27. The molecule has 0 aliphatic heterocycles. The molecule has 2 nitrogen and oxygen atoms in total. The lowest BCUT2D eigenvalue weighted by molar-refractivity contribution is 0.264. The van der Waals surface area contributed by atoms with E-state index in [1.807, 2.05) is 0 Å². The molecule has 1 saturated carbocycles. The van der Waals surface area contributed by atoms with Crippen LogP contribution >= 0.6 is 0 Å². The molecule has 0 saturated heterocycles. The summed E-state index contributed by atoms with van der Waals surface area (Å²) in [6.45, 7) is 5.38. The average molecular weight is 246 g/mol. The van der Waals surface area contributed by atoms with Gasteiger partial charge in [-0.3, -0.25) is 0 Å². The predicted molar refractivity (Wildman–Crippen MR) is 78.7 cm³/mol. The molecule has 2 atom stereocenters. The zero-order valence-electron chi connectivity index (χ0n) is 11.9. The number of nitrogens with zero attached hydrogens (tertiary/aromatic N) is 1. The normalized spacial score (nSPS) is 28.1. The van der Waals surface area contributed by atoms with E-state index in [0.717, 1.165) is 11.8 Å². The SMILES string of the molecule is CC1CC(C)CC(N(C)c2ccccc2CN)C1. The van der Waals surface area contributed by atoms with Gasteiger partial charge in [-0.05, 0) is 42.7 Å². The van der Waals surface area contributed by atoms with Gasteiger partial charge >= 0.3 is 0 Å². The Morgan fingerprint density at radius 3 is 2.33 bits per heavy atom. The fraction of sp³-hybridized carbons (Fsp3) is 0.625. The molecule has 2 unspecified atom stereocenters. The van der Waals surface area contributed by atoms with E-state index in [9.17, 15) is 0 Å². The molecular weight excluding hydrogens is 220 g/mol. The third-order valence-electron chi connectivity index (χ3n) is 4.29. The van der Waals surface area contributed by atoms with Crippen LogP contribution in [-0.4, -0.2) is 13.1 Å². The second-order valence-corrected chi connectivity index (χ2v) is 6.02. The lowest BCUT2D eigenvalue weighted by atomic mass is 9.79. The van der Waals surface area contributed by atoms with Crippen molar-refractivity contribution in [3.8, 4) is 0 Å². The van der Waals surface area contributed by atoms with E-state index in [1.165, 1.54) is 30.5 Å². The number of para-hydroxylation sites is 1. The van der Waals surface area contributed by atoms with E-state index < -0.39 is 0 Å². The van der Waals surface area contributed by atoms with Gasteiger partial charge in [0.2, 0.25) is 0 Å². The maximum Gasteiger partial charge on any atom is 0.0411 e. The summed E-state index contributed by atoms with van der Waals surface area (Å²) in [6.07, 6.45) is 3.99. The largest absolute Gasteiger partial charge is 0.371 e. The molecule has 0 bridgehead atoms. The molecule has 2 rings (SSSR count). The fourth-order valence-corrected chi connectivity index (χ4v) is 3.44. The van der Waals surface area contributed by atoms with Gasteiger partial charge in [-0.1, -0.05) is 32.0 Å². The number of anilines is 1. The molecule has 0 amide bonds. The lowest BCUT2D eigenvalue weighted by Crippen LogP contribution is -2.38. The van der Waals surface area contributed by atoms with Crippen molar-refractivity contribution in [3.05, 3.63) is 29.8 Å². The van der Waals surface area contributed by atoms with Crippen molar-refractivity contribution in [2.45, 2.75) is 45.7 Å². The summed E-state index contributed by atoms with van der Waals surface area (Å²) in [5.74, 6) is 1.68. The molecule has 0 heterocycles. The highest BCUT2D eigenvalue weighted by molar-refractivity contribution is 5.53. The first-order chi connectivity index (χ1) is 8.61. The lowest BCUT2D eigenvalue weighted by Gasteiger charge is -2.39. The Hall–Kier alpha value is -1.02. The van der Waals surface area contributed by atoms with Crippen LogP contribution in [0.15, 0.2) is 24.3 Å². The summed E-state index contributed by atoms with van der Waals surface area (Å²) in [5.41, 5.74) is 8.41. The van der Waals surface area contributed by atoms with Gasteiger partial charge in [0, 0.05) is 25.3 Å². The van der Waals surface area contributed by atoms with Crippen LogP contribution in [0.1, 0.15) is 38.7 Å². The topological polar surface area (TPSA) is 29.3 Å². The second-order valence-electron chi connectivity index (χ2n) is 6.02. The first-order valence-electron chi connectivity index (χ1n) is 7.12. The zero-order chi connectivity index (χ0) is 13.1. The minimum absolute atomic E-state index is 0.623. The van der Waals surface area contributed by atoms with Gasteiger partial charge in [-0.25, -0.2) is 0 Å². The van der Waals surface area contributed by atoms with E-state index >= 15 is 0 Å². The summed E-state index contributed by atoms with van der Waals surface area (Å²) in [4.78, 5) is 2.45. The summed E-state index contributed by atoms with van der Waals surface area (Å²) >= 11 is 0. The molecule has 18 heavy (non-hydrogen) atoms. The van der Waals surface area contributed by atoms with Gasteiger partial charge in [0.05, 0.1) is 0 Å². The number of benzene rings is 1. The van der Waals surface area contributed by atoms with Gasteiger partial charge < -0.3 is 10.6 Å². The Kier molecular flexibility index (Phi) is 4.28. The molecule has 1 aliphatic carbocycles. The minimum Gasteiger partial charge on any atom is -0.371 e. The van der Waals surface area contributed by atoms with E-state index in [4.69, 9.17) is 5.73 Å². The molecule has 100 valence electrons.